The predicted octanol–water partition coefficient (Wildman–Crippen LogP) is 1.68. The zero-order valence-corrected chi connectivity index (χ0v) is 10.8. The van der Waals surface area contributed by atoms with Crippen LogP contribution < -0.4 is 10.6 Å². The van der Waals surface area contributed by atoms with Gasteiger partial charge in [0.2, 0.25) is 0 Å². The van der Waals surface area contributed by atoms with Crippen molar-refractivity contribution < 1.29 is 4.57 Å². The Morgan fingerprint density at radius 3 is 2.20 bits per heavy atom. The summed E-state index contributed by atoms with van der Waals surface area (Å²) in [5.41, 5.74) is 5.76. The zero-order chi connectivity index (χ0) is 12.1. The zero-order valence-electron chi connectivity index (χ0n) is 9.90. The Balaban J connectivity index is 4.52. The summed E-state index contributed by atoms with van der Waals surface area (Å²) in [7, 11) is -3.01. The molecule has 0 radical (unpaired) electrons. The summed E-state index contributed by atoms with van der Waals surface area (Å²) in [5.74, 6) is 0. The third-order valence-corrected chi connectivity index (χ3v) is 4.26. The van der Waals surface area contributed by atoms with Gasteiger partial charge in [-0.25, -0.2) is 9.76 Å². The van der Waals surface area contributed by atoms with Gasteiger partial charge in [-0.2, -0.15) is 5.26 Å². The van der Waals surface area contributed by atoms with Gasteiger partial charge in [-0.15, -0.1) is 0 Å². The largest absolute Gasteiger partial charge is 0.279 e. The van der Waals surface area contributed by atoms with Crippen LogP contribution in [-0.4, -0.2) is 23.3 Å². The van der Waals surface area contributed by atoms with E-state index < -0.39 is 7.59 Å². The summed E-state index contributed by atoms with van der Waals surface area (Å²) in [6, 6.07) is 2.19. The normalized spacial score (nSPS) is 15.7. The summed E-state index contributed by atoms with van der Waals surface area (Å²) in [6.45, 7) is 8.16. The van der Waals surface area contributed by atoms with Gasteiger partial charge in [0.1, 0.15) is 0 Å². The number of hydrogen-bond donors (Lipinski definition) is 2. The molecule has 0 rings (SSSR count). The fourth-order valence-electron chi connectivity index (χ4n) is 1.64. The van der Waals surface area contributed by atoms with Crippen molar-refractivity contribution in [3.8, 4) is 6.07 Å². The van der Waals surface area contributed by atoms with Crippen molar-refractivity contribution in [2.45, 2.75) is 46.2 Å². The maximum atomic E-state index is 12.2. The number of rotatable bonds is 6. The smallest absolute Gasteiger partial charge is 0.271 e. The molecule has 0 aromatic rings. The van der Waals surface area contributed by atoms with Crippen molar-refractivity contribution in [3.05, 3.63) is 0 Å². The minimum Gasteiger partial charge on any atom is -0.271 e. The highest BCUT2D eigenvalue weighted by molar-refractivity contribution is 7.56. The molecular weight excluding hydrogens is 211 g/mol. The van der Waals surface area contributed by atoms with Crippen LogP contribution in [-0.2, 0) is 4.57 Å². The van der Waals surface area contributed by atoms with E-state index in [9.17, 15) is 4.57 Å². The summed E-state index contributed by atoms with van der Waals surface area (Å²) in [6.07, 6.45) is 0.311. The van der Waals surface area contributed by atoms with Crippen molar-refractivity contribution in [2.75, 3.05) is 6.54 Å². The van der Waals surface area contributed by atoms with Crippen LogP contribution in [0.3, 0.4) is 0 Å². The number of hydrogen-bond acceptors (Lipinski definition) is 2. The van der Waals surface area contributed by atoms with E-state index in [0.717, 1.165) is 0 Å². The molecular formula is C9H21N4OP. The van der Waals surface area contributed by atoms with Gasteiger partial charge < -0.3 is 0 Å². The lowest BCUT2D eigenvalue weighted by molar-refractivity contribution is 0.294. The van der Waals surface area contributed by atoms with E-state index in [4.69, 9.17) is 10.8 Å². The molecule has 0 spiro atoms. The topological polar surface area (TPSA) is 82.2 Å². The van der Waals surface area contributed by atoms with Crippen LogP contribution in [0.4, 0.5) is 0 Å². The number of nitrogens with two attached hydrogens (primary N) is 1. The lowest BCUT2D eigenvalue weighted by atomic mass is 10.3. The lowest BCUT2D eigenvalue weighted by Gasteiger charge is -2.35. The molecule has 0 amide bonds. The monoisotopic (exact) mass is 232 g/mol. The van der Waals surface area contributed by atoms with Crippen LogP contribution in [0.2, 0.25) is 0 Å². The standard InChI is InChI=1S/C9H21N4OP/c1-8(2)13(9(3)4)15(11,14)12-7-5-6-10/h8-9H,5,7H2,1-4H3,(H3,11,12,14). The van der Waals surface area contributed by atoms with Crippen LogP contribution in [0.25, 0.3) is 0 Å². The molecule has 0 aliphatic rings. The summed E-state index contributed by atoms with van der Waals surface area (Å²) >= 11 is 0. The highest BCUT2D eigenvalue weighted by Crippen LogP contribution is 2.39. The van der Waals surface area contributed by atoms with Gasteiger partial charge in [0.15, 0.2) is 0 Å². The van der Waals surface area contributed by atoms with Gasteiger partial charge in [0.05, 0.1) is 6.07 Å². The molecule has 15 heavy (non-hydrogen) atoms. The molecule has 0 aliphatic carbocycles. The quantitative estimate of drug-likeness (QED) is 0.537. The van der Waals surface area contributed by atoms with Gasteiger partial charge in [-0.3, -0.25) is 10.1 Å². The van der Waals surface area contributed by atoms with Gasteiger partial charge in [-0.1, -0.05) is 0 Å². The maximum absolute atomic E-state index is 12.2. The minimum atomic E-state index is -3.01. The SMILES string of the molecule is CC(C)N(C(C)C)P(N)(=O)NCCC#N. The van der Waals surface area contributed by atoms with Crippen molar-refractivity contribution in [1.82, 2.24) is 9.76 Å². The van der Waals surface area contributed by atoms with Crippen molar-refractivity contribution >= 4 is 7.59 Å². The molecule has 0 aromatic heterocycles. The van der Waals surface area contributed by atoms with Crippen molar-refractivity contribution in [1.29, 1.82) is 5.26 Å². The first kappa shape index (κ1) is 14.6. The lowest BCUT2D eigenvalue weighted by Crippen LogP contribution is -2.41. The summed E-state index contributed by atoms with van der Waals surface area (Å²) in [4.78, 5) is 0. The minimum absolute atomic E-state index is 0.107. The molecule has 5 nitrogen and oxygen atoms in total. The van der Waals surface area contributed by atoms with E-state index in [1.54, 1.807) is 4.67 Å². The first-order valence-electron chi connectivity index (χ1n) is 5.12. The summed E-state index contributed by atoms with van der Waals surface area (Å²) < 4.78 is 13.9. The molecule has 0 aliphatic heterocycles. The fourth-order valence-corrected chi connectivity index (χ4v) is 3.60. The molecule has 0 heterocycles. The second-order valence-corrected chi connectivity index (χ2v) is 6.03. The van der Waals surface area contributed by atoms with E-state index in [1.165, 1.54) is 0 Å². The fraction of sp³-hybridized carbons (Fsp3) is 0.889. The van der Waals surface area contributed by atoms with Gasteiger partial charge >= 0.3 is 0 Å². The Bertz CT molecular complexity index is 264. The maximum Gasteiger partial charge on any atom is 0.279 e. The third kappa shape index (κ3) is 4.76. The second kappa shape index (κ2) is 6.24. The molecule has 6 heteroatoms. The molecule has 1 atom stereocenters. The molecule has 0 aromatic carbocycles. The number of nitrogens with zero attached hydrogens (tertiary/aromatic N) is 2. The van der Waals surface area contributed by atoms with E-state index in [-0.39, 0.29) is 12.1 Å². The van der Waals surface area contributed by atoms with Crippen LogP contribution in [0, 0.1) is 11.3 Å². The van der Waals surface area contributed by atoms with Crippen molar-refractivity contribution in [3.63, 3.8) is 0 Å². The van der Waals surface area contributed by atoms with E-state index >= 15 is 0 Å². The Kier molecular flexibility index (Phi) is 6.07. The van der Waals surface area contributed by atoms with Gasteiger partial charge in [-0.05, 0) is 27.7 Å². The molecule has 1 unspecified atom stereocenters. The van der Waals surface area contributed by atoms with Crippen LogP contribution in [0.5, 0.6) is 0 Å². The number of nitriles is 1. The average molecular weight is 232 g/mol. The first-order valence-corrected chi connectivity index (χ1v) is 6.85. The van der Waals surface area contributed by atoms with Crippen molar-refractivity contribution in [2.24, 2.45) is 5.50 Å². The summed E-state index contributed by atoms with van der Waals surface area (Å²) in [5, 5.41) is 11.1. The predicted molar refractivity (Wildman–Crippen MR) is 62.1 cm³/mol. The Morgan fingerprint density at radius 2 is 1.87 bits per heavy atom. The average Bonchev–Trinajstić information content (AvgIpc) is 2.01. The third-order valence-electron chi connectivity index (χ3n) is 1.98. The van der Waals surface area contributed by atoms with Gasteiger partial charge in [0.25, 0.3) is 7.59 Å². The molecule has 0 saturated heterocycles. The van der Waals surface area contributed by atoms with Crippen LogP contribution in [0.1, 0.15) is 34.1 Å². The van der Waals surface area contributed by atoms with E-state index in [1.807, 2.05) is 33.8 Å². The highest BCUT2D eigenvalue weighted by atomic mass is 31.2. The van der Waals surface area contributed by atoms with E-state index in [2.05, 4.69) is 5.09 Å². The highest BCUT2D eigenvalue weighted by Gasteiger charge is 2.30. The molecule has 88 valence electrons. The molecule has 3 N–H and O–H groups in total. The molecule has 0 bridgehead atoms. The number of nitrogens with one attached hydrogen (secondary N) is 1. The van der Waals surface area contributed by atoms with Crippen LogP contribution in [0.15, 0.2) is 0 Å². The molecule has 0 fully saturated rings. The Hall–Kier alpha value is -0.400. The first-order chi connectivity index (χ1) is 6.83. The Morgan fingerprint density at radius 1 is 1.40 bits per heavy atom. The van der Waals surface area contributed by atoms with Crippen LogP contribution >= 0.6 is 7.59 Å². The Labute approximate surface area is 92.2 Å². The van der Waals surface area contributed by atoms with Gasteiger partial charge in [0, 0.05) is 25.0 Å². The van der Waals surface area contributed by atoms with E-state index in [0.29, 0.717) is 13.0 Å². The second-order valence-electron chi connectivity index (χ2n) is 4.01. The molecule has 0 saturated carbocycles.